The summed E-state index contributed by atoms with van der Waals surface area (Å²) < 4.78 is 26.6. The highest BCUT2D eigenvalue weighted by atomic mass is 79.9. The summed E-state index contributed by atoms with van der Waals surface area (Å²) in [5.74, 6) is -0.170. The fourth-order valence-corrected chi connectivity index (χ4v) is 4.54. The fourth-order valence-electron chi connectivity index (χ4n) is 2.20. The number of halogens is 2. The number of carbonyl (C=O) groups excluding carboxylic acids is 1. The molecule has 0 saturated carbocycles. The molecule has 1 aromatic carbocycles. The van der Waals surface area contributed by atoms with Gasteiger partial charge in [-0.2, -0.15) is 4.31 Å². The molecule has 1 saturated heterocycles. The van der Waals surface area contributed by atoms with E-state index in [0.29, 0.717) is 18.7 Å². The summed E-state index contributed by atoms with van der Waals surface area (Å²) in [7, 11) is -3.62. The second-order valence-corrected chi connectivity index (χ2v) is 7.54. The van der Waals surface area contributed by atoms with Crippen molar-refractivity contribution in [2.24, 2.45) is 0 Å². The van der Waals surface area contributed by atoms with Crippen molar-refractivity contribution < 1.29 is 13.2 Å². The maximum Gasteiger partial charge on any atom is 0.244 e. The lowest BCUT2D eigenvalue weighted by atomic mass is 10.1. The molecule has 0 atom stereocenters. The second-order valence-electron chi connectivity index (χ2n) is 4.67. The Bertz CT molecular complexity index is 612. The van der Waals surface area contributed by atoms with Crippen molar-refractivity contribution in [3.05, 3.63) is 28.8 Å². The Morgan fingerprint density at radius 1 is 1.25 bits per heavy atom. The Balaban J connectivity index is 2.42. The van der Waals surface area contributed by atoms with Crippen molar-refractivity contribution in [1.82, 2.24) is 4.31 Å². The summed E-state index contributed by atoms with van der Waals surface area (Å²) in [5.41, 5.74) is 0.349. The van der Waals surface area contributed by atoms with Gasteiger partial charge in [0.05, 0.1) is 10.4 Å². The van der Waals surface area contributed by atoms with E-state index in [1.54, 1.807) is 6.07 Å². The first-order chi connectivity index (χ1) is 9.46. The van der Waals surface area contributed by atoms with E-state index >= 15 is 0 Å². The molecule has 0 bridgehead atoms. The molecule has 0 amide bonds. The van der Waals surface area contributed by atoms with Crippen molar-refractivity contribution in [2.75, 3.05) is 18.4 Å². The fraction of sp³-hybridized carbons (Fsp3) is 0.462. The Morgan fingerprint density at radius 2 is 1.90 bits per heavy atom. The summed E-state index contributed by atoms with van der Waals surface area (Å²) >= 11 is 9.10. The number of hydrogen-bond donors (Lipinski definition) is 0. The molecule has 7 heteroatoms. The molecular formula is C13H15BrClNO3S. The van der Waals surface area contributed by atoms with Crippen molar-refractivity contribution in [2.45, 2.75) is 24.2 Å². The molecule has 0 unspecified atom stereocenters. The lowest BCUT2D eigenvalue weighted by molar-refractivity contribution is 0.102. The minimum Gasteiger partial charge on any atom is -0.293 e. The van der Waals surface area contributed by atoms with Gasteiger partial charge in [0.25, 0.3) is 0 Å². The average molecular weight is 381 g/mol. The molecular weight excluding hydrogens is 366 g/mol. The highest BCUT2D eigenvalue weighted by molar-refractivity contribution is 9.09. The highest BCUT2D eigenvalue weighted by Gasteiger charge is 2.28. The molecule has 0 aliphatic carbocycles. The minimum absolute atomic E-state index is 0.0212. The monoisotopic (exact) mass is 379 g/mol. The lowest BCUT2D eigenvalue weighted by Gasteiger charge is -2.26. The van der Waals surface area contributed by atoms with Crippen molar-refractivity contribution in [3.63, 3.8) is 0 Å². The van der Waals surface area contributed by atoms with E-state index in [-0.39, 0.29) is 21.0 Å². The van der Waals surface area contributed by atoms with Crippen LogP contribution in [0.5, 0.6) is 0 Å². The summed E-state index contributed by atoms with van der Waals surface area (Å²) in [5, 5.41) is 0.305. The van der Waals surface area contributed by atoms with Crippen LogP contribution in [0.2, 0.25) is 5.02 Å². The molecule has 110 valence electrons. The van der Waals surface area contributed by atoms with E-state index in [0.717, 1.165) is 19.3 Å². The van der Waals surface area contributed by atoms with Crippen LogP contribution in [0.1, 0.15) is 29.6 Å². The van der Waals surface area contributed by atoms with E-state index in [2.05, 4.69) is 15.9 Å². The zero-order valence-electron chi connectivity index (χ0n) is 10.8. The first kappa shape index (κ1) is 15.9. The Kier molecular flexibility index (Phi) is 5.23. The number of sulfonamides is 1. The standard InChI is InChI=1S/C13H15BrClNO3S/c14-9-12(17)10-4-5-11(15)13(8-10)20(18,19)16-6-2-1-3-7-16/h4-5,8H,1-3,6-7,9H2. The smallest absolute Gasteiger partial charge is 0.244 e. The Labute approximate surface area is 132 Å². The molecule has 0 N–H and O–H groups in total. The molecule has 1 heterocycles. The predicted octanol–water partition coefficient (Wildman–Crippen LogP) is 3.09. The number of benzene rings is 1. The summed E-state index contributed by atoms with van der Waals surface area (Å²) in [6, 6.07) is 4.38. The molecule has 1 fully saturated rings. The van der Waals surface area contributed by atoms with Gasteiger partial charge < -0.3 is 0 Å². The van der Waals surface area contributed by atoms with Crippen LogP contribution in [0.15, 0.2) is 23.1 Å². The van der Waals surface area contributed by atoms with Gasteiger partial charge in [0.1, 0.15) is 4.90 Å². The SMILES string of the molecule is O=C(CBr)c1ccc(Cl)c(S(=O)(=O)N2CCCCC2)c1. The van der Waals surface area contributed by atoms with Crippen molar-refractivity contribution >= 4 is 43.3 Å². The van der Waals surface area contributed by atoms with Gasteiger partial charge in [-0.3, -0.25) is 4.79 Å². The topological polar surface area (TPSA) is 54.5 Å². The predicted molar refractivity (Wildman–Crippen MR) is 82.2 cm³/mol. The van der Waals surface area contributed by atoms with Crippen LogP contribution in [0, 0.1) is 0 Å². The number of Topliss-reactive ketones (excluding diaryl/α,β-unsaturated/α-hetero) is 1. The molecule has 1 aliphatic rings. The Hall–Kier alpha value is -0.430. The van der Waals surface area contributed by atoms with Crippen LogP contribution in [-0.2, 0) is 10.0 Å². The van der Waals surface area contributed by atoms with Gasteiger partial charge >= 0.3 is 0 Å². The van der Waals surface area contributed by atoms with Gasteiger partial charge in [0, 0.05) is 18.7 Å². The molecule has 0 spiro atoms. The first-order valence-corrected chi connectivity index (χ1v) is 9.29. The first-order valence-electron chi connectivity index (χ1n) is 6.35. The van der Waals surface area contributed by atoms with Crippen LogP contribution in [0.25, 0.3) is 0 Å². The summed E-state index contributed by atoms with van der Waals surface area (Å²) in [6.07, 6.45) is 2.76. The third kappa shape index (κ3) is 3.24. The number of hydrogen-bond acceptors (Lipinski definition) is 3. The number of piperidine rings is 1. The van der Waals surface area contributed by atoms with Gasteiger partial charge in [-0.1, -0.05) is 34.0 Å². The Morgan fingerprint density at radius 3 is 2.50 bits per heavy atom. The summed E-state index contributed by atoms with van der Waals surface area (Å²) in [4.78, 5) is 11.7. The van der Waals surface area contributed by atoms with Crippen molar-refractivity contribution in [1.29, 1.82) is 0 Å². The minimum atomic E-state index is -3.62. The quantitative estimate of drug-likeness (QED) is 0.596. The number of rotatable bonds is 4. The third-order valence-corrected chi connectivity index (χ3v) is 6.20. The van der Waals surface area contributed by atoms with Crippen LogP contribution >= 0.6 is 27.5 Å². The van der Waals surface area contributed by atoms with Gasteiger partial charge in [-0.15, -0.1) is 0 Å². The van der Waals surface area contributed by atoms with Gasteiger partial charge in [0.2, 0.25) is 10.0 Å². The van der Waals surface area contributed by atoms with Gasteiger partial charge in [0.15, 0.2) is 5.78 Å². The van der Waals surface area contributed by atoms with Crippen LogP contribution in [0.3, 0.4) is 0 Å². The normalized spacial score (nSPS) is 17.1. The van der Waals surface area contributed by atoms with E-state index in [4.69, 9.17) is 11.6 Å². The molecule has 1 aromatic rings. The van der Waals surface area contributed by atoms with Crippen molar-refractivity contribution in [3.8, 4) is 0 Å². The summed E-state index contributed by atoms with van der Waals surface area (Å²) in [6.45, 7) is 1.02. The van der Waals surface area contributed by atoms with E-state index in [1.807, 2.05) is 0 Å². The molecule has 20 heavy (non-hydrogen) atoms. The molecule has 1 aliphatic heterocycles. The van der Waals surface area contributed by atoms with E-state index in [1.165, 1.54) is 16.4 Å². The lowest BCUT2D eigenvalue weighted by Crippen LogP contribution is -2.35. The molecule has 0 radical (unpaired) electrons. The molecule has 2 rings (SSSR count). The third-order valence-electron chi connectivity index (χ3n) is 3.31. The number of ketones is 1. The zero-order valence-corrected chi connectivity index (χ0v) is 14.0. The van der Waals surface area contributed by atoms with Gasteiger partial charge in [-0.05, 0) is 31.0 Å². The second kappa shape index (κ2) is 6.56. The average Bonchev–Trinajstić information content (AvgIpc) is 2.47. The maximum atomic E-state index is 12.6. The van der Waals surface area contributed by atoms with Crippen LogP contribution in [0.4, 0.5) is 0 Å². The highest BCUT2D eigenvalue weighted by Crippen LogP contribution is 2.28. The number of alkyl halides is 1. The largest absolute Gasteiger partial charge is 0.293 e. The number of carbonyl (C=O) groups is 1. The van der Waals surface area contributed by atoms with Crippen LogP contribution in [-0.4, -0.2) is 36.9 Å². The van der Waals surface area contributed by atoms with E-state index in [9.17, 15) is 13.2 Å². The maximum absolute atomic E-state index is 12.6. The molecule has 4 nitrogen and oxygen atoms in total. The zero-order chi connectivity index (χ0) is 14.8. The van der Waals surface area contributed by atoms with Crippen LogP contribution < -0.4 is 0 Å². The van der Waals surface area contributed by atoms with E-state index < -0.39 is 10.0 Å². The number of nitrogens with zero attached hydrogens (tertiary/aromatic N) is 1. The van der Waals surface area contributed by atoms with Gasteiger partial charge in [-0.25, -0.2) is 8.42 Å². The molecule has 0 aromatic heterocycles.